The molecule has 1 aliphatic rings. The molecule has 0 bridgehead atoms. The molecular weight excluding hydrogens is 248 g/mol. The average molecular weight is 268 g/mol. The summed E-state index contributed by atoms with van der Waals surface area (Å²) in [5.74, 6) is 0.991. The van der Waals surface area contributed by atoms with Gasteiger partial charge in [-0.15, -0.1) is 0 Å². The number of rotatable bonds is 3. The van der Waals surface area contributed by atoms with Crippen molar-refractivity contribution < 1.29 is 0 Å². The lowest BCUT2D eigenvalue weighted by Crippen LogP contribution is -2.27. The van der Waals surface area contributed by atoms with Gasteiger partial charge in [-0.1, -0.05) is 24.3 Å². The van der Waals surface area contributed by atoms with E-state index in [1.54, 1.807) is 0 Å². The van der Waals surface area contributed by atoms with Crippen LogP contribution in [0.4, 0.5) is 5.82 Å². The maximum absolute atomic E-state index is 4.69. The van der Waals surface area contributed by atoms with Crippen LogP contribution in [0.15, 0.2) is 36.7 Å². The SMILES string of the molecule is CNCc1cncc(N2CCc3ccccc3CC2)n1. The summed E-state index contributed by atoms with van der Waals surface area (Å²) in [6.07, 6.45) is 5.85. The van der Waals surface area contributed by atoms with Gasteiger partial charge in [0.05, 0.1) is 11.9 Å². The number of anilines is 1. The zero-order chi connectivity index (χ0) is 13.8. The van der Waals surface area contributed by atoms with Crippen molar-refractivity contribution in [2.75, 3.05) is 25.0 Å². The van der Waals surface area contributed by atoms with Crippen LogP contribution in [0.25, 0.3) is 0 Å². The monoisotopic (exact) mass is 268 g/mol. The number of hydrogen-bond acceptors (Lipinski definition) is 4. The largest absolute Gasteiger partial charge is 0.355 e. The number of nitrogens with zero attached hydrogens (tertiary/aromatic N) is 3. The van der Waals surface area contributed by atoms with E-state index < -0.39 is 0 Å². The van der Waals surface area contributed by atoms with Crippen LogP contribution in [0.2, 0.25) is 0 Å². The van der Waals surface area contributed by atoms with E-state index in [-0.39, 0.29) is 0 Å². The van der Waals surface area contributed by atoms with Crippen molar-refractivity contribution in [2.24, 2.45) is 0 Å². The first kappa shape index (κ1) is 13.1. The molecule has 0 radical (unpaired) electrons. The molecule has 0 saturated carbocycles. The van der Waals surface area contributed by atoms with Crippen LogP contribution in [0, 0.1) is 0 Å². The Morgan fingerprint density at radius 3 is 2.45 bits per heavy atom. The first-order valence-electron chi connectivity index (χ1n) is 7.14. The highest BCUT2D eigenvalue weighted by molar-refractivity contribution is 5.40. The molecule has 0 unspecified atom stereocenters. The van der Waals surface area contributed by atoms with Crippen LogP contribution in [0.3, 0.4) is 0 Å². The lowest BCUT2D eigenvalue weighted by atomic mass is 10.0. The molecule has 104 valence electrons. The molecule has 3 rings (SSSR count). The van der Waals surface area contributed by atoms with Crippen molar-refractivity contribution in [1.82, 2.24) is 15.3 Å². The highest BCUT2D eigenvalue weighted by Crippen LogP contribution is 2.19. The molecule has 0 spiro atoms. The Morgan fingerprint density at radius 2 is 1.80 bits per heavy atom. The van der Waals surface area contributed by atoms with E-state index >= 15 is 0 Å². The Morgan fingerprint density at radius 1 is 1.10 bits per heavy atom. The van der Waals surface area contributed by atoms with Gasteiger partial charge in [0, 0.05) is 25.8 Å². The second-order valence-electron chi connectivity index (χ2n) is 5.15. The third kappa shape index (κ3) is 2.80. The van der Waals surface area contributed by atoms with E-state index in [4.69, 9.17) is 4.98 Å². The predicted octanol–water partition coefficient (Wildman–Crippen LogP) is 1.80. The highest BCUT2D eigenvalue weighted by atomic mass is 15.2. The van der Waals surface area contributed by atoms with E-state index in [1.165, 1.54) is 11.1 Å². The molecule has 1 aliphatic heterocycles. The molecule has 0 amide bonds. The van der Waals surface area contributed by atoms with Crippen molar-refractivity contribution in [3.8, 4) is 0 Å². The zero-order valence-corrected chi connectivity index (χ0v) is 11.8. The van der Waals surface area contributed by atoms with Crippen LogP contribution < -0.4 is 10.2 Å². The van der Waals surface area contributed by atoms with Gasteiger partial charge in [-0.25, -0.2) is 4.98 Å². The van der Waals surface area contributed by atoms with Crippen molar-refractivity contribution in [1.29, 1.82) is 0 Å². The van der Waals surface area contributed by atoms with Gasteiger partial charge in [-0.3, -0.25) is 4.98 Å². The lowest BCUT2D eigenvalue weighted by molar-refractivity contribution is 0.753. The number of nitrogens with one attached hydrogen (secondary N) is 1. The highest BCUT2D eigenvalue weighted by Gasteiger charge is 2.15. The van der Waals surface area contributed by atoms with Crippen molar-refractivity contribution in [3.63, 3.8) is 0 Å². The van der Waals surface area contributed by atoms with E-state index in [0.717, 1.165) is 44.0 Å². The van der Waals surface area contributed by atoms with Crippen LogP contribution in [0.5, 0.6) is 0 Å². The lowest BCUT2D eigenvalue weighted by Gasteiger charge is -2.21. The molecular formula is C16H20N4. The fraction of sp³-hybridized carbons (Fsp3) is 0.375. The smallest absolute Gasteiger partial charge is 0.147 e. The minimum atomic E-state index is 0.759. The van der Waals surface area contributed by atoms with Gasteiger partial charge >= 0.3 is 0 Å². The molecule has 4 nitrogen and oxygen atoms in total. The summed E-state index contributed by atoms with van der Waals surface area (Å²) < 4.78 is 0. The van der Waals surface area contributed by atoms with Gasteiger partial charge in [0.1, 0.15) is 5.82 Å². The summed E-state index contributed by atoms with van der Waals surface area (Å²) in [5, 5.41) is 3.12. The summed E-state index contributed by atoms with van der Waals surface area (Å²) in [5.41, 5.74) is 3.93. The van der Waals surface area contributed by atoms with Gasteiger partial charge in [0.25, 0.3) is 0 Å². The molecule has 2 heterocycles. The number of fused-ring (bicyclic) bond motifs is 1. The molecule has 0 atom stereocenters. The molecule has 2 aromatic rings. The molecule has 0 saturated heterocycles. The first-order valence-corrected chi connectivity index (χ1v) is 7.14. The third-order valence-corrected chi connectivity index (χ3v) is 3.77. The summed E-state index contributed by atoms with van der Waals surface area (Å²) in [7, 11) is 1.93. The Balaban J connectivity index is 1.78. The van der Waals surface area contributed by atoms with Gasteiger partial charge in [0.15, 0.2) is 0 Å². The van der Waals surface area contributed by atoms with Crippen molar-refractivity contribution in [3.05, 3.63) is 53.5 Å². The molecule has 1 aromatic carbocycles. The summed E-state index contributed by atoms with van der Waals surface area (Å²) in [6, 6.07) is 8.73. The first-order chi connectivity index (χ1) is 9.86. The van der Waals surface area contributed by atoms with E-state index in [1.807, 2.05) is 19.4 Å². The van der Waals surface area contributed by atoms with Crippen molar-refractivity contribution >= 4 is 5.82 Å². The Hall–Kier alpha value is -1.94. The quantitative estimate of drug-likeness (QED) is 0.921. The summed E-state index contributed by atoms with van der Waals surface area (Å²) >= 11 is 0. The van der Waals surface area contributed by atoms with Crippen molar-refractivity contribution in [2.45, 2.75) is 19.4 Å². The molecule has 1 N–H and O–H groups in total. The standard InChI is InChI=1S/C16H20N4/c1-17-10-15-11-18-12-16(19-15)20-8-6-13-4-2-3-5-14(13)7-9-20/h2-5,11-12,17H,6-10H2,1H3. The van der Waals surface area contributed by atoms with E-state index in [9.17, 15) is 0 Å². The third-order valence-electron chi connectivity index (χ3n) is 3.77. The summed E-state index contributed by atoms with van der Waals surface area (Å²) in [6.45, 7) is 2.78. The minimum Gasteiger partial charge on any atom is -0.355 e. The number of aromatic nitrogens is 2. The maximum atomic E-state index is 4.69. The maximum Gasteiger partial charge on any atom is 0.147 e. The molecule has 4 heteroatoms. The zero-order valence-electron chi connectivity index (χ0n) is 11.8. The van der Waals surface area contributed by atoms with Crippen LogP contribution in [-0.4, -0.2) is 30.1 Å². The Labute approximate surface area is 119 Å². The Bertz CT molecular complexity index is 555. The van der Waals surface area contributed by atoms with Crippen LogP contribution in [0.1, 0.15) is 16.8 Å². The van der Waals surface area contributed by atoms with Gasteiger partial charge in [0.2, 0.25) is 0 Å². The Kier molecular flexibility index (Phi) is 3.92. The second kappa shape index (κ2) is 6.01. The topological polar surface area (TPSA) is 41.1 Å². The van der Waals surface area contributed by atoms with Gasteiger partial charge < -0.3 is 10.2 Å². The molecule has 20 heavy (non-hydrogen) atoms. The number of benzene rings is 1. The van der Waals surface area contributed by atoms with Crippen LogP contribution >= 0.6 is 0 Å². The molecule has 1 aromatic heterocycles. The van der Waals surface area contributed by atoms with Gasteiger partial charge in [-0.05, 0) is 31.0 Å². The second-order valence-corrected chi connectivity index (χ2v) is 5.15. The normalized spacial score (nSPS) is 14.8. The van der Waals surface area contributed by atoms with E-state index in [0.29, 0.717) is 0 Å². The van der Waals surface area contributed by atoms with E-state index in [2.05, 4.69) is 39.5 Å². The van der Waals surface area contributed by atoms with Crippen LogP contribution in [-0.2, 0) is 19.4 Å². The minimum absolute atomic E-state index is 0.759. The predicted molar refractivity (Wildman–Crippen MR) is 80.9 cm³/mol. The summed E-state index contributed by atoms with van der Waals surface area (Å²) in [4.78, 5) is 11.3. The number of hydrogen-bond donors (Lipinski definition) is 1. The van der Waals surface area contributed by atoms with Gasteiger partial charge in [-0.2, -0.15) is 0 Å². The molecule has 0 fully saturated rings. The average Bonchev–Trinajstić information content (AvgIpc) is 2.70. The molecule has 0 aliphatic carbocycles. The fourth-order valence-electron chi connectivity index (χ4n) is 2.71. The fourth-order valence-corrected chi connectivity index (χ4v) is 2.71.